The first-order valence-corrected chi connectivity index (χ1v) is 13.0. The Labute approximate surface area is 229 Å². The molecule has 4 aromatic rings. The maximum Gasteiger partial charge on any atom is 0.331 e. The molecule has 4 rings (SSSR count). The van der Waals surface area contributed by atoms with Crippen LogP contribution in [0.1, 0.15) is 51.4 Å². The fourth-order valence-corrected chi connectivity index (χ4v) is 4.45. The second-order valence-corrected chi connectivity index (χ2v) is 9.41. The van der Waals surface area contributed by atoms with Gasteiger partial charge in [0.2, 0.25) is 0 Å². The van der Waals surface area contributed by atoms with Crippen LogP contribution in [0, 0.1) is 11.6 Å². The number of nitrogens with zero attached hydrogens (tertiary/aromatic N) is 4. The van der Waals surface area contributed by atoms with E-state index in [9.17, 15) is 18.4 Å². The van der Waals surface area contributed by atoms with Crippen LogP contribution in [-0.4, -0.2) is 43.7 Å². The summed E-state index contributed by atoms with van der Waals surface area (Å²) in [5.74, 6) is -2.56. The molecular formula is C28H32F2N6O4. The molecule has 40 heavy (non-hydrogen) atoms. The molecule has 12 heteroatoms. The van der Waals surface area contributed by atoms with Crippen LogP contribution >= 0.6 is 0 Å². The van der Waals surface area contributed by atoms with Crippen molar-refractivity contribution in [2.45, 2.75) is 65.1 Å². The summed E-state index contributed by atoms with van der Waals surface area (Å²) in [5, 5.41) is 10.4. The third-order valence-corrected chi connectivity index (χ3v) is 6.65. The lowest BCUT2D eigenvalue weighted by atomic mass is 10.2. The van der Waals surface area contributed by atoms with Gasteiger partial charge in [-0.25, -0.2) is 27.7 Å². The highest BCUT2D eigenvalue weighted by Gasteiger charge is 2.24. The highest BCUT2D eigenvalue weighted by atomic mass is 19.1. The average Bonchev–Trinajstić information content (AvgIpc) is 3.48. The van der Waals surface area contributed by atoms with Crippen molar-refractivity contribution in [3.63, 3.8) is 0 Å². The van der Waals surface area contributed by atoms with Crippen molar-refractivity contribution in [3.05, 3.63) is 71.6 Å². The summed E-state index contributed by atoms with van der Waals surface area (Å²) in [6.07, 6.45) is -0.503. The van der Waals surface area contributed by atoms with Crippen molar-refractivity contribution in [3.8, 4) is 0 Å². The Bertz CT molecular complexity index is 1460. The van der Waals surface area contributed by atoms with Gasteiger partial charge in [-0.1, -0.05) is 13.8 Å². The van der Waals surface area contributed by atoms with Crippen molar-refractivity contribution in [1.29, 1.82) is 0 Å². The standard InChI is InChI=1S/C28H32F2N6O4/c1-5-21-19-9-7-17(29)13-23(19)35(33-21)27(31)15(3)39-25(37)11-12-26(38)40-16(4)28(32)36-24-14-18(30)8-10-20(24)22(6-2)34-36/h7-16,27-28H,5-6,31-32H2,1-4H3/b12-11+/t15?,16?,27-,28-/m0/s1. The lowest BCUT2D eigenvalue weighted by molar-refractivity contribution is -0.147. The molecule has 0 amide bonds. The molecular weight excluding hydrogens is 522 g/mol. The van der Waals surface area contributed by atoms with E-state index >= 15 is 0 Å². The number of hydrogen-bond donors (Lipinski definition) is 2. The van der Waals surface area contributed by atoms with E-state index in [1.165, 1.54) is 33.6 Å². The van der Waals surface area contributed by atoms with E-state index in [0.29, 0.717) is 23.9 Å². The summed E-state index contributed by atoms with van der Waals surface area (Å²) in [6.45, 7) is 6.97. The summed E-state index contributed by atoms with van der Waals surface area (Å²) >= 11 is 0. The Morgan fingerprint density at radius 3 is 1.52 bits per heavy atom. The zero-order chi connectivity index (χ0) is 29.1. The van der Waals surface area contributed by atoms with Crippen molar-refractivity contribution >= 4 is 33.7 Å². The fraction of sp³-hybridized carbons (Fsp3) is 0.357. The molecule has 0 saturated carbocycles. The highest BCUT2D eigenvalue weighted by molar-refractivity contribution is 5.92. The predicted octanol–water partition coefficient (Wildman–Crippen LogP) is 3.82. The third kappa shape index (κ3) is 5.87. The number of halogens is 2. The number of nitrogens with two attached hydrogens (primary N) is 2. The van der Waals surface area contributed by atoms with E-state index < -0.39 is 48.1 Å². The quantitative estimate of drug-likeness (QED) is 0.223. The Balaban J connectivity index is 1.38. The first-order valence-electron chi connectivity index (χ1n) is 13.0. The third-order valence-electron chi connectivity index (χ3n) is 6.65. The summed E-state index contributed by atoms with van der Waals surface area (Å²) in [7, 11) is 0. The van der Waals surface area contributed by atoms with Crippen LogP contribution < -0.4 is 11.5 Å². The number of aromatic nitrogens is 4. The van der Waals surface area contributed by atoms with Crippen molar-refractivity contribution in [2.75, 3.05) is 0 Å². The molecule has 0 spiro atoms. The summed E-state index contributed by atoms with van der Waals surface area (Å²) < 4.78 is 41.3. The summed E-state index contributed by atoms with van der Waals surface area (Å²) in [5.41, 5.74) is 15.0. The smallest absolute Gasteiger partial charge is 0.331 e. The van der Waals surface area contributed by atoms with Crippen LogP contribution in [-0.2, 0) is 31.9 Å². The second kappa shape index (κ2) is 11.9. The molecule has 0 aliphatic rings. The van der Waals surface area contributed by atoms with Crippen LogP contribution in [0.4, 0.5) is 8.78 Å². The molecule has 2 aromatic heterocycles. The molecule has 0 aliphatic carbocycles. The number of esters is 2. The van der Waals surface area contributed by atoms with E-state index in [0.717, 1.165) is 34.3 Å². The lowest BCUT2D eigenvalue weighted by Crippen LogP contribution is -2.34. The Morgan fingerprint density at radius 2 is 1.18 bits per heavy atom. The molecule has 0 saturated heterocycles. The molecule has 4 atom stereocenters. The molecule has 0 bridgehead atoms. The number of carbonyl (C=O) groups excluding carboxylic acids is 2. The lowest BCUT2D eigenvalue weighted by Gasteiger charge is -2.21. The van der Waals surface area contributed by atoms with Gasteiger partial charge in [0.15, 0.2) is 0 Å². The number of aryl methyl sites for hydroxylation is 2. The number of benzene rings is 2. The van der Waals surface area contributed by atoms with Gasteiger partial charge in [-0.3, -0.25) is 0 Å². The molecule has 0 radical (unpaired) electrons. The Kier molecular flexibility index (Phi) is 8.60. The highest BCUT2D eigenvalue weighted by Crippen LogP contribution is 2.25. The average molecular weight is 555 g/mol. The van der Waals surface area contributed by atoms with Gasteiger partial charge in [0, 0.05) is 22.9 Å². The van der Waals surface area contributed by atoms with Gasteiger partial charge in [0.25, 0.3) is 0 Å². The molecule has 0 fully saturated rings. The van der Waals surface area contributed by atoms with E-state index in [1.807, 2.05) is 13.8 Å². The molecule has 0 aliphatic heterocycles. The molecule has 2 aromatic carbocycles. The minimum Gasteiger partial charge on any atom is -0.456 e. The zero-order valence-corrected chi connectivity index (χ0v) is 22.7. The van der Waals surface area contributed by atoms with Gasteiger partial charge in [-0.2, -0.15) is 10.2 Å². The fourth-order valence-electron chi connectivity index (χ4n) is 4.45. The number of hydrogen-bond acceptors (Lipinski definition) is 8. The largest absolute Gasteiger partial charge is 0.456 e. The number of ether oxygens (including phenoxy) is 2. The van der Waals surface area contributed by atoms with Crippen molar-refractivity contribution in [2.24, 2.45) is 11.5 Å². The minimum atomic E-state index is -0.909. The topological polar surface area (TPSA) is 140 Å². The van der Waals surface area contributed by atoms with Crippen LogP contribution in [0.15, 0.2) is 48.6 Å². The molecule has 212 valence electrons. The minimum absolute atomic E-state index is 0.442. The van der Waals surface area contributed by atoms with Gasteiger partial charge in [0.05, 0.1) is 22.4 Å². The monoisotopic (exact) mass is 554 g/mol. The van der Waals surface area contributed by atoms with Crippen molar-refractivity contribution < 1.29 is 27.8 Å². The van der Waals surface area contributed by atoms with Crippen LogP contribution in [0.25, 0.3) is 21.8 Å². The van der Waals surface area contributed by atoms with E-state index in [2.05, 4.69) is 10.2 Å². The first kappa shape index (κ1) is 28.8. The second-order valence-electron chi connectivity index (χ2n) is 9.41. The van der Waals surface area contributed by atoms with E-state index in [1.54, 1.807) is 26.0 Å². The molecule has 2 unspecified atom stereocenters. The molecule has 4 N–H and O–H groups in total. The first-order chi connectivity index (χ1) is 19.0. The van der Waals surface area contributed by atoms with Gasteiger partial charge < -0.3 is 20.9 Å². The maximum atomic E-state index is 13.9. The van der Waals surface area contributed by atoms with Gasteiger partial charge in [-0.05, 0) is 63.1 Å². The van der Waals surface area contributed by atoms with Gasteiger partial charge in [0.1, 0.15) is 36.2 Å². The van der Waals surface area contributed by atoms with Crippen LogP contribution in [0.5, 0.6) is 0 Å². The zero-order valence-electron chi connectivity index (χ0n) is 22.7. The van der Waals surface area contributed by atoms with E-state index in [4.69, 9.17) is 20.9 Å². The normalized spacial score (nSPS) is 14.9. The maximum absolute atomic E-state index is 13.9. The number of fused-ring (bicyclic) bond motifs is 2. The Morgan fingerprint density at radius 1 is 0.800 bits per heavy atom. The van der Waals surface area contributed by atoms with E-state index in [-0.39, 0.29) is 0 Å². The Hall–Kier alpha value is -4.16. The summed E-state index contributed by atoms with van der Waals surface area (Å²) in [4.78, 5) is 24.8. The van der Waals surface area contributed by atoms with Crippen LogP contribution in [0.3, 0.4) is 0 Å². The number of carbonyl (C=O) groups is 2. The van der Waals surface area contributed by atoms with Gasteiger partial charge >= 0.3 is 11.9 Å². The predicted molar refractivity (Wildman–Crippen MR) is 145 cm³/mol. The molecule has 2 heterocycles. The van der Waals surface area contributed by atoms with Crippen molar-refractivity contribution in [1.82, 2.24) is 19.6 Å². The molecule has 10 nitrogen and oxygen atoms in total. The summed E-state index contributed by atoms with van der Waals surface area (Å²) in [6, 6.07) is 8.60. The van der Waals surface area contributed by atoms with Crippen LogP contribution in [0.2, 0.25) is 0 Å². The number of rotatable bonds is 10. The van der Waals surface area contributed by atoms with Gasteiger partial charge in [-0.15, -0.1) is 0 Å². The SMILES string of the molecule is CCc1nn([C@H](N)C(C)OC(=O)/C=C/C(=O)OC(C)[C@@H](N)n2nc(CC)c3ccc(F)cc32)c2cc(F)ccc12.